The van der Waals surface area contributed by atoms with Gasteiger partial charge in [-0.1, -0.05) is 0 Å². The SMILES string of the molecule is Cc1cn2c(c(O)c1=O)C(=O)N1CC3(CC3)OC1C2. The van der Waals surface area contributed by atoms with Gasteiger partial charge in [-0.25, -0.2) is 0 Å². The summed E-state index contributed by atoms with van der Waals surface area (Å²) >= 11 is 0. The number of hydrogen-bond acceptors (Lipinski definition) is 4. The molecule has 6 nitrogen and oxygen atoms in total. The van der Waals surface area contributed by atoms with E-state index in [1.807, 2.05) is 0 Å². The van der Waals surface area contributed by atoms with E-state index in [1.165, 1.54) is 0 Å². The number of aromatic hydroxyl groups is 1. The smallest absolute Gasteiger partial charge is 0.276 e. The summed E-state index contributed by atoms with van der Waals surface area (Å²) < 4.78 is 7.56. The summed E-state index contributed by atoms with van der Waals surface area (Å²) in [5, 5.41) is 9.94. The molecule has 0 aromatic carbocycles. The number of aromatic nitrogens is 1. The molecule has 100 valence electrons. The summed E-state index contributed by atoms with van der Waals surface area (Å²) in [6.45, 7) is 2.67. The second-order valence-corrected chi connectivity index (χ2v) is 5.68. The highest BCUT2D eigenvalue weighted by atomic mass is 16.5. The zero-order valence-electron chi connectivity index (χ0n) is 10.5. The third kappa shape index (κ3) is 1.35. The van der Waals surface area contributed by atoms with Gasteiger partial charge in [0.1, 0.15) is 0 Å². The number of carbonyl (C=O) groups excluding carboxylic acids is 1. The molecule has 1 aliphatic carbocycles. The first kappa shape index (κ1) is 11.0. The number of amides is 1. The zero-order chi connectivity index (χ0) is 13.4. The molecule has 4 rings (SSSR count). The predicted molar refractivity (Wildman–Crippen MR) is 65.0 cm³/mol. The van der Waals surface area contributed by atoms with Crippen LogP contribution in [0.15, 0.2) is 11.0 Å². The maximum Gasteiger partial charge on any atom is 0.276 e. The minimum atomic E-state index is -0.473. The van der Waals surface area contributed by atoms with Gasteiger partial charge >= 0.3 is 0 Å². The Morgan fingerprint density at radius 1 is 1.42 bits per heavy atom. The van der Waals surface area contributed by atoms with Crippen molar-refractivity contribution < 1.29 is 14.6 Å². The van der Waals surface area contributed by atoms with E-state index in [0.717, 1.165) is 12.8 Å². The lowest BCUT2D eigenvalue weighted by molar-refractivity contribution is -0.0229. The highest BCUT2D eigenvalue weighted by Crippen LogP contribution is 2.47. The molecule has 2 aliphatic heterocycles. The van der Waals surface area contributed by atoms with Crippen LogP contribution in [0.1, 0.15) is 28.9 Å². The number of nitrogens with zero attached hydrogens (tertiary/aromatic N) is 2. The molecule has 1 N–H and O–H groups in total. The Hall–Kier alpha value is -1.82. The number of carbonyl (C=O) groups is 1. The van der Waals surface area contributed by atoms with Crippen LogP contribution in [0, 0.1) is 6.92 Å². The van der Waals surface area contributed by atoms with Crippen molar-refractivity contribution in [1.82, 2.24) is 9.47 Å². The Bertz CT molecular complexity index is 659. The highest BCUT2D eigenvalue weighted by Gasteiger charge is 2.56. The van der Waals surface area contributed by atoms with Gasteiger partial charge < -0.3 is 19.3 Å². The van der Waals surface area contributed by atoms with Crippen molar-refractivity contribution in [1.29, 1.82) is 0 Å². The molecular weight excluding hydrogens is 248 g/mol. The van der Waals surface area contributed by atoms with E-state index in [4.69, 9.17) is 4.74 Å². The van der Waals surface area contributed by atoms with E-state index in [2.05, 4.69) is 0 Å². The number of pyridine rings is 1. The van der Waals surface area contributed by atoms with Crippen molar-refractivity contribution >= 4 is 5.91 Å². The van der Waals surface area contributed by atoms with Crippen LogP contribution in [0.25, 0.3) is 0 Å². The van der Waals surface area contributed by atoms with Crippen LogP contribution in [0.3, 0.4) is 0 Å². The van der Waals surface area contributed by atoms with E-state index in [0.29, 0.717) is 18.7 Å². The molecule has 6 heteroatoms. The fraction of sp³-hybridized carbons (Fsp3) is 0.538. The van der Waals surface area contributed by atoms with Crippen molar-refractivity contribution in [2.75, 3.05) is 6.54 Å². The largest absolute Gasteiger partial charge is 0.503 e. The molecule has 1 unspecified atom stereocenters. The Kier molecular flexibility index (Phi) is 1.86. The maximum absolute atomic E-state index is 12.4. The summed E-state index contributed by atoms with van der Waals surface area (Å²) in [6, 6.07) is 0. The van der Waals surface area contributed by atoms with E-state index >= 15 is 0 Å². The van der Waals surface area contributed by atoms with Gasteiger partial charge in [-0.05, 0) is 19.8 Å². The topological polar surface area (TPSA) is 71.8 Å². The molecule has 1 atom stereocenters. The average Bonchev–Trinajstić information content (AvgIpc) is 2.99. The lowest BCUT2D eigenvalue weighted by atomic mass is 10.1. The van der Waals surface area contributed by atoms with Crippen LogP contribution in [0.2, 0.25) is 0 Å². The van der Waals surface area contributed by atoms with E-state index in [-0.39, 0.29) is 23.4 Å². The molecule has 3 heterocycles. The number of rotatable bonds is 0. The maximum atomic E-state index is 12.4. The molecular formula is C13H14N2O4. The first-order valence-electron chi connectivity index (χ1n) is 6.43. The summed E-state index contributed by atoms with van der Waals surface area (Å²) in [6.07, 6.45) is 3.30. The van der Waals surface area contributed by atoms with Gasteiger partial charge in [-0.2, -0.15) is 0 Å². The van der Waals surface area contributed by atoms with Gasteiger partial charge in [0.05, 0.1) is 18.7 Å². The lowest BCUT2D eigenvalue weighted by Gasteiger charge is -2.31. The molecule has 1 aromatic rings. The van der Waals surface area contributed by atoms with Crippen molar-refractivity contribution in [2.45, 2.75) is 38.1 Å². The van der Waals surface area contributed by atoms with E-state index in [9.17, 15) is 14.7 Å². The second kappa shape index (κ2) is 3.19. The Labute approximate surface area is 109 Å². The first-order chi connectivity index (χ1) is 9.01. The molecule has 2 fully saturated rings. The van der Waals surface area contributed by atoms with Gasteiger partial charge in [-0.15, -0.1) is 0 Å². The molecule has 0 bridgehead atoms. The quantitative estimate of drug-likeness (QED) is 0.725. The third-order valence-electron chi connectivity index (χ3n) is 4.25. The van der Waals surface area contributed by atoms with E-state index in [1.54, 1.807) is 22.6 Å². The fourth-order valence-electron chi connectivity index (χ4n) is 3.02. The molecule has 1 spiro atoms. The Balaban J connectivity index is 1.85. The molecule has 19 heavy (non-hydrogen) atoms. The molecule has 1 saturated carbocycles. The van der Waals surface area contributed by atoms with Gasteiger partial charge in [0.2, 0.25) is 5.43 Å². The van der Waals surface area contributed by atoms with Crippen LogP contribution in [0.4, 0.5) is 0 Å². The number of aryl methyl sites for hydroxylation is 1. The predicted octanol–water partition coefficient (Wildman–Crippen LogP) is 0.207. The molecule has 1 amide bonds. The zero-order valence-corrected chi connectivity index (χ0v) is 10.5. The van der Waals surface area contributed by atoms with Gasteiger partial charge in [0.15, 0.2) is 17.7 Å². The second-order valence-electron chi connectivity index (χ2n) is 5.68. The first-order valence-corrected chi connectivity index (χ1v) is 6.43. The van der Waals surface area contributed by atoms with Crippen LogP contribution >= 0.6 is 0 Å². The monoisotopic (exact) mass is 262 g/mol. The molecule has 1 saturated heterocycles. The Morgan fingerprint density at radius 2 is 2.16 bits per heavy atom. The summed E-state index contributed by atoms with van der Waals surface area (Å²) in [7, 11) is 0. The van der Waals surface area contributed by atoms with E-state index < -0.39 is 11.2 Å². The minimum absolute atomic E-state index is 0.0909. The summed E-state index contributed by atoms with van der Waals surface area (Å²) in [5.41, 5.74) is -0.109. The van der Waals surface area contributed by atoms with Gasteiger partial charge in [-0.3, -0.25) is 9.59 Å². The Morgan fingerprint density at radius 3 is 2.84 bits per heavy atom. The number of fused-ring (bicyclic) bond motifs is 2. The summed E-state index contributed by atoms with van der Waals surface area (Å²) in [4.78, 5) is 25.8. The highest BCUT2D eigenvalue weighted by molar-refractivity contribution is 5.96. The minimum Gasteiger partial charge on any atom is -0.503 e. The van der Waals surface area contributed by atoms with Crippen LogP contribution in [-0.2, 0) is 11.3 Å². The number of hydrogen-bond donors (Lipinski definition) is 1. The van der Waals surface area contributed by atoms with Crippen LogP contribution in [0.5, 0.6) is 5.75 Å². The third-order valence-corrected chi connectivity index (χ3v) is 4.25. The summed E-state index contributed by atoms with van der Waals surface area (Å²) in [5.74, 6) is -0.755. The van der Waals surface area contributed by atoms with Gasteiger partial charge in [0, 0.05) is 11.8 Å². The standard InChI is InChI=1S/C13H14N2O4/c1-7-4-14-5-8-15(6-13(19-8)2-3-13)12(18)9(14)11(17)10(7)16/h4,8,17H,2-3,5-6H2,1H3. The van der Waals surface area contributed by atoms with Crippen molar-refractivity contribution in [3.8, 4) is 5.75 Å². The lowest BCUT2D eigenvalue weighted by Crippen LogP contribution is -2.46. The van der Waals surface area contributed by atoms with Crippen molar-refractivity contribution in [2.24, 2.45) is 0 Å². The average molecular weight is 262 g/mol. The fourth-order valence-corrected chi connectivity index (χ4v) is 3.02. The van der Waals surface area contributed by atoms with Crippen molar-refractivity contribution in [3.05, 3.63) is 27.7 Å². The molecule has 1 aromatic heterocycles. The van der Waals surface area contributed by atoms with Crippen LogP contribution in [-0.4, -0.2) is 38.9 Å². The van der Waals surface area contributed by atoms with Crippen molar-refractivity contribution in [3.63, 3.8) is 0 Å². The van der Waals surface area contributed by atoms with Crippen LogP contribution < -0.4 is 5.43 Å². The normalized spacial score (nSPS) is 26.5. The molecule has 0 radical (unpaired) electrons. The van der Waals surface area contributed by atoms with Gasteiger partial charge in [0.25, 0.3) is 5.91 Å². The number of ether oxygens (including phenoxy) is 1. The molecule has 3 aliphatic rings.